The zero-order valence-electron chi connectivity index (χ0n) is 12.4. The summed E-state index contributed by atoms with van der Waals surface area (Å²) >= 11 is 1.82. The molecule has 108 valence electrons. The van der Waals surface area contributed by atoms with Crippen LogP contribution in [0.25, 0.3) is 10.1 Å². The van der Waals surface area contributed by atoms with E-state index in [1.54, 1.807) is 0 Å². The number of fused-ring (bicyclic) bond motifs is 1. The molecule has 0 saturated heterocycles. The van der Waals surface area contributed by atoms with Gasteiger partial charge < -0.3 is 0 Å². The standard InChI is InChI=1S/C18H20N2S/c1-12-7-13(2)9-14(8-12)10-16(20-19)18-11-15-5-3-4-6-17(15)21-18/h3-9,11,16,20H,10,19H2,1-2H3. The fourth-order valence-corrected chi connectivity index (χ4v) is 3.96. The highest BCUT2D eigenvalue weighted by molar-refractivity contribution is 7.19. The Morgan fingerprint density at radius 2 is 1.76 bits per heavy atom. The third-order valence-corrected chi connectivity index (χ3v) is 4.94. The highest BCUT2D eigenvalue weighted by Crippen LogP contribution is 2.31. The number of thiophene rings is 1. The summed E-state index contributed by atoms with van der Waals surface area (Å²) in [6, 6.07) is 17.6. The zero-order chi connectivity index (χ0) is 14.8. The highest BCUT2D eigenvalue weighted by Gasteiger charge is 2.14. The van der Waals surface area contributed by atoms with Crippen LogP contribution in [0.15, 0.2) is 48.5 Å². The smallest absolute Gasteiger partial charge is 0.0593 e. The van der Waals surface area contributed by atoms with Gasteiger partial charge in [0.15, 0.2) is 0 Å². The lowest BCUT2D eigenvalue weighted by molar-refractivity contribution is 0.560. The molecule has 0 saturated carbocycles. The molecule has 3 rings (SSSR count). The molecule has 2 nitrogen and oxygen atoms in total. The van der Waals surface area contributed by atoms with E-state index in [4.69, 9.17) is 5.84 Å². The molecule has 3 heteroatoms. The molecule has 0 fully saturated rings. The van der Waals surface area contributed by atoms with Crippen molar-refractivity contribution < 1.29 is 0 Å². The van der Waals surface area contributed by atoms with Crippen LogP contribution in [-0.2, 0) is 6.42 Å². The highest BCUT2D eigenvalue weighted by atomic mass is 32.1. The van der Waals surface area contributed by atoms with Gasteiger partial charge in [-0.15, -0.1) is 11.3 Å². The van der Waals surface area contributed by atoms with E-state index >= 15 is 0 Å². The van der Waals surface area contributed by atoms with E-state index in [0.29, 0.717) is 0 Å². The number of aryl methyl sites for hydroxylation is 2. The van der Waals surface area contributed by atoms with E-state index in [-0.39, 0.29) is 6.04 Å². The molecule has 1 unspecified atom stereocenters. The second-order valence-corrected chi connectivity index (χ2v) is 6.72. The maximum Gasteiger partial charge on any atom is 0.0593 e. The van der Waals surface area contributed by atoms with Crippen LogP contribution in [-0.4, -0.2) is 0 Å². The second kappa shape index (κ2) is 5.98. The molecule has 0 amide bonds. The first-order chi connectivity index (χ1) is 10.2. The maximum absolute atomic E-state index is 5.81. The van der Waals surface area contributed by atoms with Crippen LogP contribution < -0.4 is 11.3 Å². The van der Waals surface area contributed by atoms with Gasteiger partial charge in [-0.3, -0.25) is 11.3 Å². The van der Waals surface area contributed by atoms with Gasteiger partial charge in [-0.25, -0.2) is 0 Å². The summed E-state index contributed by atoms with van der Waals surface area (Å²) in [5, 5.41) is 1.29. The third kappa shape index (κ3) is 3.16. The molecule has 1 heterocycles. The molecule has 0 aliphatic heterocycles. The van der Waals surface area contributed by atoms with Crippen LogP contribution in [0.2, 0.25) is 0 Å². The summed E-state index contributed by atoms with van der Waals surface area (Å²) in [4.78, 5) is 1.29. The van der Waals surface area contributed by atoms with Crippen LogP contribution in [0, 0.1) is 13.8 Å². The predicted octanol–water partition coefficient (Wildman–Crippen LogP) is 4.27. The van der Waals surface area contributed by atoms with Crippen LogP contribution in [0.1, 0.15) is 27.6 Å². The summed E-state index contributed by atoms with van der Waals surface area (Å²) in [6.45, 7) is 4.28. The van der Waals surface area contributed by atoms with Crippen molar-refractivity contribution in [3.8, 4) is 0 Å². The molecule has 3 aromatic rings. The first-order valence-electron chi connectivity index (χ1n) is 7.17. The number of rotatable bonds is 4. The molecule has 2 aromatic carbocycles. The van der Waals surface area contributed by atoms with E-state index in [1.165, 1.54) is 31.7 Å². The lowest BCUT2D eigenvalue weighted by atomic mass is 10.0. The number of hydrazine groups is 1. The van der Waals surface area contributed by atoms with E-state index in [1.807, 2.05) is 11.3 Å². The fourth-order valence-electron chi connectivity index (χ4n) is 2.84. The van der Waals surface area contributed by atoms with Gasteiger partial charge in [-0.05, 0) is 43.4 Å². The van der Waals surface area contributed by atoms with Crippen molar-refractivity contribution in [2.24, 2.45) is 5.84 Å². The first-order valence-corrected chi connectivity index (χ1v) is 7.99. The molecular formula is C18H20N2S. The summed E-state index contributed by atoms with van der Waals surface area (Å²) in [6.07, 6.45) is 0.909. The Kier molecular flexibility index (Phi) is 4.06. The molecule has 0 aliphatic carbocycles. The summed E-state index contributed by atoms with van der Waals surface area (Å²) in [5.41, 5.74) is 6.91. The van der Waals surface area contributed by atoms with Crippen LogP contribution >= 0.6 is 11.3 Å². The van der Waals surface area contributed by atoms with Gasteiger partial charge in [-0.2, -0.15) is 0 Å². The number of nitrogens with one attached hydrogen (secondary N) is 1. The Morgan fingerprint density at radius 1 is 1.05 bits per heavy atom. The van der Waals surface area contributed by atoms with E-state index in [0.717, 1.165) is 6.42 Å². The van der Waals surface area contributed by atoms with Gasteiger partial charge in [0, 0.05) is 9.58 Å². The number of hydrogen-bond donors (Lipinski definition) is 2. The van der Waals surface area contributed by atoms with Crippen molar-refractivity contribution in [2.45, 2.75) is 26.3 Å². The topological polar surface area (TPSA) is 38.0 Å². The minimum Gasteiger partial charge on any atom is -0.271 e. The van der Waals surface area contributed by atoms with E-state index in [2.05, 4.69) is 67.8 Å². The molecule has 0 aliphatic rings. The molecule has 0 bridgehead atoms. The summed E-state index contributed by atoms with van der Waals surface area (Å²) < 4.78 is 1.31. The maximum atomic E-state index is 5.81. The Labute approximate surface area is 129 Å². The largest absolute Gasteiger partial charge is 0.271 e. The van der Waals surface area contributed by atoms with E-state index in [9.17, 15) is 0 Å². The second-order valence-electron chi connectivity index (χ2n) is 5.61. The summed E-state index contributed by atoms with van der Waals surface area (Å²) in [5.74, 6) is 5.81. The normalized spacial score (nSPS) is 12.7. The minimum absolute atomic E-state index is 0.156. The summed E-state index contributed by atoms with van der Waals surface area (Å²) in [7, 11) is 0. The van der Waals surface area contributed by atoms with Crippen molar-refractivity contribution in [1.82, 2.24) is 5.43 Å². The van der Waals surface area contributed by atoms with Gasteiger partial charge in [0.05, 0.1) is 6.04 Å². The predicted molar refractivity (Wildman–Crippen MR) is 91.5 cm³/mol. The van der Waals surface area contributed by atoms with Crippen LogP contribution in [0.5, 0.6) is 0 Å². The average Bonchev–Trinajstić information content (AvgIpc) is 2.87. The number of nitrogens with two attached hydrogens (primary N) is 1. The lowest BCUT2D eigenvalue weighted by Gasteiger charge is -2.15. The third-order valence-electron chi connectivity index (χ3n) is 3.71. The van der Waals surface area contributed by atoms with Crippen molar-refractivity contribution in [3.63, 3.8) is 0 Å². The SMILES string of the molecule is Cc1cc(C)cc(CC(NN)c2cc3ccccc3s2)c1. The molecule has 1 atom stereocenters. The van der Waals surface area contributed by atoms with Crippen molar-refractivity contribution in [1.29, 1.82) is 0 Å². The van der Waals surface area contributed by atoms with Crippen LogP contribution in [0.4, 0.5) is 0 Å². The number of benzene rings is 2. The first kappa shape index (κ1) is 14.3. The molecule has 0 spiro atoms. The Hall–Kier alpha value is -1.68. The quantitative estimate of drug-likeness (QED) is 0.557. The molecule has 21 heavy (non-hydrogen) atoms. The van der Waals surface area contributed by atoms with Crippen molar-refractivity contribution in [3.05, 3.63) is 70.1 Å². The monoisotopic (exact) mass is 296 g/mol. The Balaban J connectivity index is 1.90. The molecule has 1 aromatic heterocycles. The lowest BCUT2D eigenvalue weighted by Crippen LogP contribution is -2.29. The van der Waals surface area contributed by atoms with Crippen molar-refractivity contribution in [2.75, 3.05) is 0 Å². The van der Waals surface area contributed by atoms with Crippen molar-refractivity contribution >= 4 is 21.4 Å². The van der Waals surface area contributed by atoms with Gasteiger partial charge in [-0.1, -0.05) is 47.5 Å². The molecule has 0 radical (unpaired) electrons. The van der Waals surface area contributed by atoms with Gasteiger partial charge in [0.2, 0.25) is 0 Å². The molecule has 3 N–H and O–H groups in total. The van der Waals surface area contributed by atoms with Crippen LogP contribution in [0.3, 0.4) is 0 Å². The molecular weight excluding hydrogens is 276 g/mol. The minimum atomic E-state index is 0.156. The zero-order valence-corrected chi connectivity index (χ0v) is 13.2. The van der Waals surface area contributed by atoms with E-state index < -0.39 is 0 Å². The number of hydrogen-bond acceptors (Lipinski definition) is 3. The fraction of sp³-hybridized carbons (Fsp3) is 0.222. The van der Waals surface area contributed by atoms with Gasteiger partial charge in [0.25, 0.3) is 0 Å². The Bertz CT molecular complexity index is 708. The van der Waals surface area contributed by atoms with Gasteiger partial charge in [0.1, 0.15) is 0 Å². The van der Waals surface area contributed by atoms with Gasteiger partial charge >= 0.3 is 0 Å². The Morgan fingerprint density at radius 3 is 2.43 bits per heavy atom. The average molecular weight is 296 g/mol.